The van der Waals surface area contributed by atoms with Gasteiger partial charge in [0.1, 0.15) is 5.82 Å². The van der Waals surface area contributed by atoms with Gasteiger partial charge < -0.3 is 9.30 Å². The Bertz CT molecular complexity index is 1120. The Labute approximate surface area is 179 Å². The quantitative estimate of drug-likeness (QED) is 0.430. The molecule has 1 aliphatic heterocycles. The van der Waals surface area contributed by atoms with Crippen molar-refractivity contribution in [2.45, 2.75) is 32.1 Å². The predicted octanol–water partition coefficient (Wildman–Crippen LogP) is 5.73. The molecule has 4 aromatic rings. The number of benzene rings is 2. The summed E-state index contributed by atoms with van der Waals surface area (Å²) in [5, 5.41) is 0. The lowest BCUT2D eigenvalue weighted by Gasteiger charge is -2.31. The fourth-order valence-corrected chi connectivity index (χ4v) is 4.70. The van der Waals surface area contributed by atoms with Gasteiger partial charge in [0.15, 0.2) is 0 Å². The molecule has 3 nitrogen and oxygen atoms in total. The van der Waals surface area contributed by atoms with Crippen molar-refractivity contribution in [3.8, 4) is 11.3 Å². The summed E-state index contributed by atoms with van der Waals surface area (Å²) in [6, 6.07) is 26.0. The van der Waals surface area contributed by atoms with Crippen LogP contribution in [0.25, 0.3) is 16.8 Å². The van der Waals surface area contributed by atoms with E-state index in [0.717, 1.165) is 31.7 Å². The molecule has 0 N–H and O–H groups in total. The number of hydrogen-bond acceptors (Lipinski definition) is 2. The second-order valence-electron chi connectivity index (χ2n) is 8.50. The topological polar surface area (TPSA) is 20.5 Å². The normalized spacial score (nSPS) is 15.6. The summed E-state index contributed by atoms with van der Waals surface area (Å²) in [5.41, 5.74) is 6.25. The summed E-state index contributed by atoms with van der Waals surface area (Å²) in [6.07, 6.45) is 5.67. The first-order valence-electron chi connectivity index (χ1n) is 11.1. The van der Waals surface area contributed by atoms with Gasteiger partial charge in [0.25, 0.3) is 0 Å². The van der Waals surface area contributed by atoms with Crippen molar-refractivity contribution < 1.29 is 0 Å². The molecule has 5 rings (SSSR count). The van der Waals surface area contributed by atoms with Crippen molar-refractivity contribution in [1.82, 2.24) is 14.3 Å². The number of nitrogens with zero attached hydrogens (tertiary/aromatic N) is 3. The van der Waals surface area contributed by atoms with Gasteiger partial charge in [-0.05, 0) is 63.0 Å². The van der Waals surface area contributed by atoms with Gasteiger partial charge in [0.05, 0.1) is 11.2 Å². The Morgan fingerprint density at radius 2 is 1.70 bits per heavy atom. The highest BCUT2D eigenvalue weighted by molar-refractivity contribution is 5.78. The van der Waals surface area contributed by atoms with Gasteiger partial charge in [-0.25, -0.2) is 4.98 Å². The van der Waals surface area contributed by atoms with Gasteiger partial charge in [-0.3, -0.25) is 0 Å². The van der Waals surface area contributed by atoms with Crippen LogP contribution in [0, 0.1) is 6.92 Å². The molecule has 2 aromatic heterocycles. The monoisotopic (exact) mass is 395 g/mol. The first kappa shape index (κ1) is 19.1. The number of imidazole rings is 1. The maximum absolute atomic E-state index is 5.19. The number of piperidine rings is 1. The minimum Gasteiger partial charge on any atom is -0.303 e. The lowest BCUT2D eigenvalue weighted by Crippen LogP contribution is -2.34. The predicted molar refractivity (Wildman–Crippen MR) is 124 cm³/mol. The maximum Gasteiger partial charge on any atom is 0.117 e. The van der Waals surface area contributed by atoms with Gasteiger partial charge in [-0.15, -0.1) is 0 Å². The molecule has 0 amide bonds. The Hall–Kier alpha value is -2.91. The van der Waals surface area contributed by atoms with Crippen LogP contribution in [0.2, 0.25) is 0 Å². The van der Waals surface area contributed by atoms with E-state index in [9.17, 15) is 0 Å². The van der Waals surface area contributed by atoms with Crippen LogP contribution >= 0.6 is 0 Å². The molecule has 0 atom stereocenters. The Balaban J connectivity index is 1.33. The van der Waals surface area contributed by atoms with Crippen LogP contribution in [-0.4, -0.2) is 33.9 Å². The Morgan fingerprint density at radius 1 is 0.900 bits per heavy atom. The standard InChI is InChI=1S/C27H29N3/c1-21-8-7-11-24(20-21)26-25-12-5-6-16-30(25)27(28-26)23-14-18-29(19-15-23)17-13-22-9-3-2-4-10-22/h2-12,16,20,23H,13-15,17-19H2,1H3. The molecule has 0 saturated carbocycles. The van der Waals surface area contributed by atoms with E-state index in [1.54, 1.807) is 0 Å². The van der Waals surface area contributed by atoms with E-state index in [1.807, 2.05) is 0 Å². The minimum absolute atomic E-state index is 0.520. The highest BCUT2D eigenvalue weighted by Crippen LogP contribution is 2.33. The number of likely N-dealkylation sites (tertiary alicyclic amines) is 1. The summed E-state index contributed by atoms with van der Waals surface area (Å²) < 4.78 is 2.32. The van der Waals surface area contributed by atoms with Crippen LogP contribution in [0.5, 0.6) is 0 Å². The second-order valence-corrected chi connectivity index (χ2v) is 8.50. The van der Waals surface area contributed by atoms with Crippen molar-refractivity contribution in [1.29, 1.82) is 0 Å². The summed E-state index contributed by atoms with van der Waals surface area (Å²) in [7, 11) is 0. The molecule has 1 aliphatic rings. The number of fused-ring (bicyclic) bond motifs is 1. The number of aryl methyl sites for hydroxylation is 1. The molecular formula is C27H29N3. The van der Waals surface area contributed by atoms with Crippen molar-refractivity contribution in [3.63, 3.8) is 0 Å². The molecule has 0 unspecified atom stereocenters. The molecule has 0 radical (unpaired) electrons. The molecule has 1 fully saturated rings. The van der Waals surface area contributed by atoms with E-state index >= 15 is 0 Å². The molecule has 3 heterocycles. The third-order valence-electron chi connectivity index (χ3n) is 6.38. The van der Waals surface area contributed by atoms with Gasteiger partial charge in [-0.2, -0.15) is 0 Å². The fraction of sp³-hybridized carbons (Fsp3) is 0.296. The van der Waals surface area contributed by atoms with Gasteiger partial charge in [0, 0.05) is 24.2 Å². The molecule has 0 bridgehead atoms. The Morgan fingerprint density at radius 3 is 2.50 bits per heavy atom. The van der Waals surface area contributed by atoms with E-state index in [2.05, 4.69) is 95.2 Å². The molecule has 0 aliphatic carbocycles. The van der Waals surface area contributed by atoms with Gasteiger partial charge >= 0.3 is 0 Å². The Kier molecular flexibility index (Phi) is 5.37. The molecule has 152 valence electrons. The molecule has 0 spiro atoms. The van der Waals surface area contributed by atoms with Crippen LogP contribution < -0.4 is 0 Å². The highest BCUT2D eigenvalue weighted by atomic mass is 15.1. The van der Waals surface area contributed by atoms with Crippen LogP contribution in [0.15, 0.2) is 79.0 Å². The largest absolute Gasteiger partial charge is 0.303 e. The third-order valence-corrected chi connectivity index (χ3v) is 6.38. The first-order valence-corrected chi connectivity index (χ1v) is 11.1. The van der Waals surface area contributed by atoms with Crippen molar-refractivity contribution in [3.05, 3.63) is 95.9 Å². The summed E-state index contributed by atoms with van der Waals surface area (Å²) in [5.74, 6) is 1.75. The third kappa shape index (κ3) is 3.90. The lowest BCUT2D eigenvalue weighted by atomic mass is 9.95. The first-order chi connectivity index (χ1) is 14.8. The van der Waals surface area contributed by atoms with Crippen LogP contribution in [0.4, 0.5) is 0 Å². The van der Waals surface area contributed by atoms with Crippen molar-refractivity contribution in [2.75, 3.05) is 19.6 Å². The van der Waals surface area contributed by atoms with E-state index in [1.165, 1.54) is 40.9 Å². The van der Waals surface area contributed by atoms with E-state index in [0.29, 0.717) is 5.92 Å². The van der Waals surface area contributed by atoms with Crippen LogP contribution in [-0.2, 0) is 6.42 Å². The zero-order chi connectivity index (χ0) is 20.3. The summed E-state index contributed by atoms with van der Waals surface area (Å²) in [6.45, 7) is 5.60. The van der Waals surface area contributed by atoms with Crippen LogP contribution in [0.1, 0.15) is 35.7 Å². The number of aromatic nitrogens is 2. The summed E-state index contributed by atoms with van der Waals surface area (Å²) >= 11 is 0. The minimum atomic E-state index is 0.520. The molecule has 3 heteroatoms. The number of pyridine rings is 1. The van der Waals surface area contributed by atoms with Crippen molar-refractivity contribution in [2.24, 2.45) is 0 Å². The molecule has 2 aromatic carbocycles. The number of hydrogen-bond donors (Lipinski definition) is 0. The summed E-state index contributed by atoms with van der Waals surface area (Å²) in [4.78, 5) is 7.80. The molecule has 30 heavy (non-hydrogen) atoms. The smallest absolute Gasteiger partial charge is 0.117 e. The van der Waals surface area contributed by atoms with E-state index < -0.39 is 0 Å². The average Bonchev–Trinajstić information content (AvgIpc) is 3.19. The van der Waals surface area contributed by atoms with E-state index in [4.69, 9.17) is 4.98 Å². The molecular weight excluding hydrogens is 366 g/mol. The van der Waals surface area contributed by atoms with Crippen molar-refractivity contribution >= 4 is 5.52 Å². The fourth-order valence-electron chi connectivity index (χ4n) is 4.70. The zero-order valence-corrected chi connectivity index (χ0v) is 17.7. The SMILES string of the molecule is Cc1cccc(-c2nc(C3CCN(CCc4ccccc4)CC3)n3ccccc23)c1. The maximum atomic E-state index is 5.19. The van der Waals surface area contributed by atoms with E-state index in [-0.39, 0.29) is 0 Å². The second kappa shape index (κ2) is 8.45. The van der Waals surface area contributed by atoms with Gasteiger partial charge in [0.2, 0.25) is 0 Å². The zero-order valence-electron chi connectivity index (χ0n) is 17.7. The average molecular weight is 396 g/mol. The number of rotatable bonds is 5. The van der Waals surface area contributed by atoms with Crippen LogP contribution in [0.3, 0.4) is 0 Å². The van der Waals surface area contributed by atoms with Gasteiger partial charge in [-0.1, -0.05) is 60.2 Å². The molecule has 1 saturated heterocycles. The highest BCUT2D eigenvalue weighted by Gasteiger charge is 2.25. The lowest BCUT2D eigenvalue weighted by molar-refractivity contribution is 0.211.